The minimum absolute atomic E-state index is 0.405. The predicted octanol–water partition coefficient (Wildman–Crippen LogP) is 1.34. The average molecular weight is 255 g/mol. The van der Waals surface area contributed by atoms with E-state index in [1.807, 2.05) is 0 Å². The summed E-state index contributed by atoms with van der Waals surface area (Å²) >= 11 is 0. The largest absolute Gasteiger partial charge is 0.368 e. The van der Waals surface area contributed by atoms with Crippen LogP contribution in [-0.4, -0.2) is 36.0 Å². The first-order valence-corrected chi connectivity index (χ1v) is 7.14. The number of amides is 1. The van der Waals surface area contributed by atoms with Gasteiger partial charge in [0.25, 0.3) is 0 Å². The average Bonchev–Trinajstić information content (AvgIpc) is 2.51. The molecule has 4 N–H and O–H groups in total. The minimum atomic E-state index is -0.871. The zero-order valence-electron chi connectivity index (χ0n) is 12.1. The van der Waals surface area contributed by atoms with Crippen molar-refractivity contribution in [3.8, 4) is 0 Å². The van der Waals surface area contributed by atoms with Crippen molar-refractivity contribution in [2.75, 3.05) is 19.6 Å². The molecule has 2 atom stereocenters. The number of hydrogen-bond acceptors (Lipinski definition) is 3. The summed E-state index contributed by atoms with van der Waals surface area (Å²) in [5.74, 6) is 1.21. The third kappa shape index (κ3) is 4.58. The summed E-state index contributed by atoms with van der Waals surface area (Å²) in [5.41, 5.74) is 10.3. The Morgan fingerprint density at radius 1 is 1.39 bits per heavy atom. The number of carbonyl (C=O) groups excluding carboxylic acids is 1. The van der Waals surface area contributed by atoms with Crippen molar-refractivity contribution >= 4 is 5.91 Å². The maximum Gasteiger partial charge on any atom is 0.237 e. The molecule has 0 aromatic heterocycles. The van der Waals surface area contributed by atoms with E-state index < -0.39 is 11.4 Å². The maximum atomic E-state index is 11.2. The molecule has 0 radical (unpaired) electrons. The number of nitrogens with zero attached hydrogens (tertiary/aromatic N) is 1. The van der Waals surface area contributed by atoms with Crippen LogP contribution < -0.4 is 11.5 Å². The zero-order valence-corrected chi connectivity index (χ0v) is 12.1. The molecule has 0 bridgehead atoms. The Balaban J connectivity index is 2.38. The van der Waals surface area contributed by atoms with E-state index in [0.29, 0.717) is 6.42 Å². The van der Waals surface area contributed by atoms with Crippen molar-refractivity contribution in [2.45, 2.75) is 52.0 Å². The van der Waals surface area contributed by atoms with Crippen molar-refractivity contribution in [1.29, 1.82) is 0 Å². The lowest BCUT2D eigenvalue weighted by Crippen LogP contribution is -2.51. The van der Waals surface area contributed by atoms with E-state index in [9.17, 15) is 4.79 Å². The highest BCUT2D eigenvalue weighted by Crippen LogP contribution is 2.24. The van der Waals surface area contributed by atoms with Gasteiger partial charge in [-0.2, -0.15) is 0 Å². The fourth-order valence-corrected chi connectivity index (χ4v) is 2.59. The lowest BCUT2D eigenvalue weighted by atomic mass is 9.89. The molecule has 0 aromatic carbocycles. The summed E-state index contributed by atoms with van der Waals surface area (Å²) < 4.78 is 0. The van der Waals surface area contributed by atoms with Gasteiger partial charge >= 0.3 is 0 Å². The van der Waals surface area contributed by atoms with Gasteiger partial charge in [-0.1, -0.05) is 13.8 Å². The number of rotatable bonds is 5. The number of likely N-dealkylation sites (tertiary alicyclic amines) is 1. The van der Waals surface area contributed by atoms with Crippen molar-refractivity contribution in [3.63, 3.8) is 0 Å². The molecule has 1 aliphatic rings. The lowest BCUT2D eigenvalue weighted by Gasteiger charge is -2.26. The smallest absolute Gasteiger partial charge is 0.237 e. The molecule has 4 nitrogen and oxygen atoms in total. The van der Waals surface area contributed by atoms with Crippen LogP contribution in [0.15, 0.2) is 0 Å². The summed E-state index contributed by atoms with van der Waals surface area (Å²) in [6.45, 7) is 9.47. The molecule has 1 fully saturated rings. The molecule has 1 heterocycles. The van der Waals surface area contributed by atoms with E-state index in [0.717, 1.165) is 31.5 Å². The fraction of sp³-hybridized carbons (Fsp3) is 0.929. The van der Waals surface area contributed by atoms with E-state index in [1.54, 1.807) is 6.92 Å². The highest BCUT2D eigenvalue weighted by molar-refractivity contribution is 5.83. The standard InChI is InChI=1S/C14H29N3O/c1-11(2)12-5-4-8-17(9-6-12)10-7-14(3,16)13(15)18/h11-12H,4-10,16H2,1-3H3,(H2,15,18). The minimum Gasteiger partial charge on any atom is -0.368 e. The van der Waals surface area contributed by atoms with Crippen molar-refractivity contribution < 1.29 is 4.79 Å². The van der Waals surface area contributed by atoms with Gasteiger partial charge in [-0.25, -0.2) is 0 Å². The molecule has 0 aromatic rings. The quantitative estimate of drug-likeness (QED) is 0.778. The molecular weight excluding hydrogens is 226 g/mol. The normalized spacial score (nSPS) is 25.7. The Morgan fingerprint density at radius 2 is 2.06 bits per heavy atom. The third-order valence-corrected chi connectivity index (χ3v) is 4.32. The van der Waals surface area contributed by atoms with Gasteiger partial charge in [0.05, 0.1) is 5.54 Å². The van der Waals surface area contributed by atoms with Gasteiger partial charge in [0.1, 0.15) is 0 Å². The molecule has 1 aliphatic heterocycles. The first-order valence-electron chi connectivity index (χ1n) is 7.14. The van der Waals surface area contributed by atoms with Crippen LogP contribution in [0.1, 0.15) is 46.5 Å². The zero-order chi connectivity index (χ0) is 13.8. The second-order valence-corrected chi connectivity index (χ2v) is 6.31. The van der Waals surface area contributed by atoms with Crippen LogP contribution in [0.2, 0.25) is 0 Å². The Hall–Kier alpha value is -0.610. The summed E-state index contributed by atoms with van der Waals surface area (Å²) in [4.78, 5) is 13.6. The van der Waals surface area contributed by atoms with Crippen LogP contribution in [0.3, 0.4) is 0 Å². The molecule has 18 heavy (non-hydrogen) atoms. The topological polar surface area (TPSA) is 72.3 Å². The fourth-order valence-electron chi connectivity index (χ4n) is 2.59. The monoisotopic (exact) mass is 255 g/mol. The first kappa shape index (κ1) is 15.4. The van der Waals surface area contributed by atoms with Crippen LogP contribution in [0.4, 0.5) is 0 Å². The van der Waals surface area contributed by atoms with Gasteiger partial charge in [-0.05, 0) is 57.5 Å². The molecular formula is C14H29N3O. The van der Waals surface area contributed by atoms with Crippen LogP contribution in [0, 0.1) is 11.8 Å². The van der Waals surface area contributed by atoms with E-state index in [-0.39, 0.29) is 0 Å². The van der Waals surface area contributed by atoms with E-state index in [2.05, 4.69) is 18.7 Å². The number of nitrogens with two attached hydrogens (primary N) is 2. The van der Waals surface area contributed by atoms with Crippen molar-refractivity contribution in [1.82, 2.24) is 4.90 Å². The SMILES string of the molecule is CC(C)C1CCCN(CCC(C)(N)C(N)=O)CC1. The molecule has 2 unspecified atom stereocenters. The second-order valence-electron chi connectivity index (χ2n) is 6.31. The van der Waals surface area contributed by atoms with Crippen LogP contribution >= 0.6 is 0 Å². The van der Waals surface area contributed by atoms with E-state index >= 15 is 0 Å². The second kappa shape index (κ2) is 6.53. The Morgan fingerprint density at radius 3 is 2.61 bits per heavy atom. The van der Waals surface area contributed by atoms with E-state index in [4.69, 9.17) is 11.5 Å². The highest BCUT2D eigenvalue weighted by atomic mass is 16.1. The van der Waals surface area contributed by atoms with E-state index in [1.165, 1.54) is 19.3 Å². The molecule has 1 amide bonds. The van der Waals surface area contributed by atoms with Crippen molar-refractivity contribution in [2.24, 2.45) is 23.3 Å². The number of primary amides is 1. The van der Waals surface area contributed by atoms with Crippen LogP contribution in [0.5, 0.6) is 0 Å². The molecule has 106 valence electrons. The van der Waals surface area contributed by atoms with Crippen molar-refractivity contribution in [3.05, 3.63) is 0 Å². The Labute approximate surface area is 111 Å². The van der Waals surface area contributed by atoms with Gasteiger partial charge in [0.15, 0.2) is 0 Å². The molecule has 4 heteroatoms. The summed E-state index contributed by atoms with van der Waals surface area (Å²) in [7, 11) is 0. The first-order chi connectivity index (χ1) is 8.33. The van der Waals surface area contributed by atoms with Gasteiger partial charge in [-0.3, -0.25) is 4.79 Å². The summed E-state index contributed by atoms with van der Waals surface area (Å²) in [5, 5.41) is 0. The number of hydrogen-bond donors (Lipinski definition) is 2. The highest BCUT2D eigenvalue weighted by Gasteiger charge is 2.27. The van der Waals surface area contributed by atoms with Gasteiger partial charge in [-0.15, -0.1) is 0 Å². The predicted molar refractivity (Wildman–Crippen MR) is 75.0 cm³/mol. The third-order valence-electron chi connectivity index (χ3n) is 4.32. The Kier molecular flexibility index (Phi) is 5.60. The van der Waals surface area contributed by atoms with Gasteiger partial charge in [0.2, 0.25) is 5.91 Å². The molecule has 1 saturated heterocycles. The lowest BCUT2D eigenvalue weighted by molar-refractivity contribution is -0.122. The molecule has 1 rings (SSSR count). The molecule has 0 spiro atoms. The van der Waals surface area contributed by atoms with Gasteiger partial charge < -0.3 is 16.4 Å². The maximum absolute atomic E-state index is 11.2. The molecule has 0 aliphatic carbocycles. The Bertz CT molecular complexity index is 276. The molecule has 0 saturated carbocycles. The number of carbonyl (C=O) groups is 1. The van der Waals surface area contributed by atoms with Gasteiger partial charge in [0, 0.05) is 6.54 Å². The van der Waals surface area contributed by atoms with Crippen LogP contribution in [0.25, 0.3) is 0 Å². The summed E-state index contributed by atoms with van der Waals surface area (Å²) in [6.07, 6.45) is 4.48. The van der Waals surface area contributed by atoms with Crippen LogP contribution in [-0.2, 0) is 4.79 Å². The summed E-state index contributed by atoms with van der Waals surface area (Å²) in [6, 6.07) is 0.